The molecule has 0 aliphatic heterocycles. The summed E-state index contributed by atoms with van der Waals surface area (Å²) in [5.74, 6) is 0.0788. The minimum atomic E-state index is -1.05. The molecule has 4 nitrogen and oxygen atoms in total. The van der Waals surface area contributed by atoms with E-state index in [0.29, 0.717) is 27.6 Å². The minimum Gasteiger partial charge on any atom is -0.495 e. The topological polar surface area (TPSA) is 55.8 Å². The van der Waals surface area contributed by atoms with Gasteiger partial charge in [-0.05, 0) is 43.7 Å². The third kappa shape index (κ3) is 4.30. The van der Waals surface area contributed by atoms with Gasteiger partial charge in [0.1, 0.15) is 11.5 Å². The van der Waals surface area contributed by atoms with E-state index in [-0.39, 0.29) is 11.7 Å². The summed E-state index contributed by atoms with van der Waals surface area (Å²) in [5, 5.41) is 9.95. The summed E-state index contributed by atoms with van der Waals surface area (Å²) in [6, 6.07) is 12.2. The van der Waals surface area contributed by atoms with E-state index in [1.807, 2.05) is 38.1 Å². The smallest absolute Gasteiger partial charge is 0.336 e. The normalized spacial score (nSPS) is 11.5. The summed E-state index contributed by atoms with van der Waals surface area (Å²) in [6.45, 7) is 3.84. The van der Waals surface area contributed by atoms with Gasteiger partial charge in [0.15, 0.2) is 0 Å². The van der Waals surface area contributed by atoms with Gasteiger partial charge < -0.3 is 14.6 Å². The fourth-order valence-electron chi connectivity index (χ4n) is 2.22. The second-order valence-electron chi connectivity index (χ2n) is 5.42. The van der Waals surface area contributed by atoms with Crippen LogP contribution in [0.1, 0.15) is 25.0 Å². The fourth-order valence-corrected chi connectivity index (χ4v) is 2.48. The lowest BCUT2D eigenvalue weighted by Gasteiger charge is -2.13. The Morgan fingerprint density at radius 2 is 1.88 bits per heavy atom. The molecule has 0 heterocycles. The van der Waals surface area contributed by atoms with E-state index in [2.05, 4.69) is 0 Å². The molecule has 0 aromatic heterocycles. The first kappa shape index (κ1) is 17.9. The third-order valence-corrected chi connectivity index (χ3v) is 3.57. The molecule has 126 valence electrons. The molecule has 1 N–H and O–H groups in total. The Hall–Kier alpha value is -2.46. The van der Waals surface area contributed by atoms with E-state index >= 15 is 0 Å². The lowest BCUT2D eigenvalue weighted by molar-refractivity contribution is -0.130. The van der Waals surface area contributed by atoms with Crippen LogP contribution in [0.25, 0.3) is 11.6 Å². The number of hydrogen-bond acceptors (Lipinski definition) is 3. The van der Waals surface area contributed by atoms with Crippen molar-refractivity contribution in [3.8, 4) is 11.5 Å². The molecule has 0 saturated heterocycles. The van der Waals surface area contributed by atoms with Gasteiger partial charge in [-0.25, -0.2) is 4.79 Å². The highest BCUT2D eigenvalue weighted by atomic mass is 35.5. The zero-order valence-corrected chi connectivity index (χ0v) is 14.5. The largest absolute Gasteiger partial charge is 0.495 e. The number of ether oxygens (including phenoxy) is 2. The zero-order chi connectivity index (χ0) is 17.7. The molecule has 0 fully saturated rings. The van der Waals surface area contributed by atoms with Crippen molar-refractivity contribution in [2.75, 3.05) is 7.11 Å². The van der Waals surface area contributed by atoms with Crippen LogP contribution in [0.2, 0.25) is 5.02 Å². The summed E-state index contributed by atoms with van der Waals surface area (Å²) < 4.78 is 10.8. The number of halogens is 1. The standard InChI is InChI=1S/C19H19ClO4/c1-12(2)24-17-7-5-4-6-14(17)10-15(19(21)22)13-8-9-18(23-3)16(20)11-13/h4-12H,1-3H3,(H,21,22)/b15-10-. The molecule has 2 aromatic carbocycles. The number of para-hydroxylation sites is 1. The van der Waals surface area contributed by atoms with Crippen LogP contribution in [0.3, 0.4) is 0 Å². The predicted molar refractivity (Wildman–Crippen MR) is 95.7 cm³/mol. The number of benzene rings is 2. The highest BCUT2D eigenvalue weighted by molar-refractivity contribution is 6.32. The number of methoxy groups -OCH3 is 1. The van der Waals surface area contributed by atoms with Gasteiger partial charge in [-0.1, -0.05) is 35.9 Å². The van der Waals surface area contributed by atoms with Crippen molar-refractivity contribution < 1.29 is 19.4 Å². The van der Waals surface area contributed by atoms with E-state index in [4.69, 9.17) is 21.1 Å². The highest BCUT2D eigenvalue weighted by Gasteiger charge is 2.14. The van der Waals surface area contributed by atoms with Gasteiger partial charge >= 0.3 is 5.97 Å². The monoisotopic (exact) mass is 346 g/mol. The summed E-state index contributed by atoms with van der Waals surface area (Å²) in [4.78, 5) is 11.7. The van der Waals surface area contributed by atoms with Crippen LogP contribution in [-0.4, -0.2) is 24.3 Å². The van der Waals surface area contributed by atoms with E-state index in [1.54, 1.807) is 24.3 Å². The number of rotatable bonds is 6. The first-order valence-electron chi connectivity index (χ1n) is 7.47. The van der Waals surface area contributed by atoms with Crippen LogP contribution >= 0.6 is 11.6 Å². The van der Waals surface area contributed by atoms with E-state index < -0.39 is 5.97 Å². The summed E-state index contributed by atoms with van der Waals surface area (Å²) >= 11 is 6.11. The molecule has 2 rings (SSSR count). The first-order valence-corrected chi connectivity index (χ1v) is 7.84. The van der Waals surface area contributed by atoms with Crippen LogP contribution in [0.5, 0.6) is 11.5 Å². The van der Waals surface area contributed by atoms with Gasteiger partial charge in [-0.15, -0.1) is 0 Å². The van der Waals surface area contributed by atoms with Gasteiger partial charge in [0.2, 0.25) is 0 Å². The minimum absolute atomic E-state index is 0.0109. The number of aliphatic carboxylic acids is 1. The molecule has 0 aliphatic carbocycles. The first-order chi connectivity index (χ1) is 11.4. The Balaban J connectivity index is 2.50. The maximum atomic E-state index is 11.7. The number of carboxylic acids is 1. The zero-order valence-electron chi connectivity index (χ0n) is 13.7. The molecule has 2 aromatic rings. The molecule has 0 bridgehead atoms. The van der Waals surface area contributed by atoms with Crippen LogP contribution in [-0.2, 0) is 4.79 Å². The fraction of sp³-hybridized carbons (Fsp3) is 0.211. The summed E-state index contributed by atoms with van der Waals surface area (Å²) in [7, 11) is 1.51. The van der Waals surface area contributed by atoms with Crippen LogP contribution < -0.4 is 9.47 Å². The van der Waals surface area contributed by atoms with Gasteiger partial charge in [-0.2, -0.15) is 0 Å². The molecule has 0 saturated carbocycles. The maximum absolute atomic E-state index is 11.7. The van der Waals surface area contributed by atoms with Gasteiger partial charge in [-0.3, -0.25) is 0 Å². The van der Waals surface area contributed by atoms with Crippen molar-refractivity contribution in [2.45, 2.75) is 20.0 Å². The van der Waals surface area contributed by atoms with Crippen molar-refractivity contribution in [1.82, 2.24) is 0 Å². The summed E-state index contributed by atoms with van der Waals surface area (Å²) in [5.41, 5.74) is 1.31. The molecule has 0 spiro atoms. The molecule has 5 heteroatoms. The highest BCUT2D eigenvalue weighted by Crippen LogP contribution is 2.30. The lowest BCUT2D eigenvalue weighted by Crippen LogP contribution is -2.07. The van der Waals surface area contributed by atoms with Gasteiger partial charge in [0.05, 0.1) is 23.8 Å². The Morgan fingerprint density at radius 3 is 2.46 bits per heavy atom. The molecular weight excluding hydrogens is 328 g/mol. The number of carbonyl (C=O) groups is 1. The van der Waals surface area contributed by atoms with E-state index in [9.17, 15) is 9.90 Å². The molecular formula is C19H19ClO4. The average molecular weight is 347 g/mol. The Labute approximate surface area is 146 Å². The van der Waals surface area contributed by atoms with Crippen molar-refractivity contribution >= 4 is 29.2 Å². The van der Waals surface area contributed by atoms with E-state index in [0.717, 1.165) is 0 Å². The maximum Gasteiger partial charge on any atom is 0.336 e. The van der Waals surface area contributed by atoms with Crippen molar-refractivity contribution in [3.05, 3.63) is 58.6 Å². The number of carboxylic acid groups (broad SMARTS) is 1. The van der Waals surface area contributed by atoms with Gasteiger partial charge in [0, 0.05) is 5.56 Å². The van der Waals surface area contributed by atoms with Crippen LogP contribution in [0.4, 0.5) is 0 Å². The lowest BCUT2D eigenvalue weighted by atomic mass is 10.0. The molecule has 0 radical (unpaired) electrons. The van der Waals surface area contributed by atoms with Crippen molar-refractivity contribution in [3.63, 3.8) is 0 Å². The Kier molecular flexibility index (Phi) is 5.88. The van der Waals surface area contributed by atoms with Crippen LogP contribution in [0.15, 0.2) is 42.5 Å². The molecule has 0 atom stereocenters. The Bertz CT molecular complexity index is 766. The van der Waals surface area contributed by atoms with Gasteiger partial charge in [0.25, 0.3) is 0 Å². The second-order valence-corrected chi connectivity index (χ2v) is 5.82. The third-order valence-electron chi connectivity index (χ3n) is 3.27. The average Bonchev–Trinajstić information content (AvgIpc) is 2.53. The number of hydrogen-bond donors (Lipinski definition) is 1. The molecule has 0 amide bonds. The predicted octanol–water partition coefficient (Wildman–Crippen LogP) is 4.76. The summed E-state index contributed by atoms with van der Waals surface area (Å²) in [6.07, 6.45) is 1.57. The molecule has 24 heavy (non-hydrogen) atoms. The molecule has 0 unspecified atom stereocenters. The van der Waals surface area contributed by atoms with Crippen molar-refractivity contribution in [2.24, 2.45) is 0 Å². The SMILES string of the molecule is COc1ccc(/C(=C/c2ccccc2OC(C)C)C(=O)O)cc1Cl. The van der Waals surface area contributed by atoms with Crippen LogP contribution in [0, 0.1) is 0 Å². The Morgan fingerprint density at radius 1 is 1.17 bits per heavy atom. The van der Waals surface area contributed by atoms with Crippen molar-refractivity contribution in [1.29, 1.82) is 0 Å². The van der Waals surface area contributed by atoms with E-state index in [1.165, 1.54) is 7.11 Å². The second kappa shape index (κ2) is 7.88. The molecule has 0 aliphatic rings. The quantitative estimate of drug-likeness (QED) is 0.605.